The summed E-state index contributed by atoms with van der Waals surface area (Å²) in [7, 11) is 0. The molecule has 0 N–H and O–H groups in total. The molecule has 1 saturated carbocycles. The predicted molar refractivity (Wildman–Crippen MR) is 247 cm³/mol. The van der Waals surface area contributed by atoms with Crippen molar-refractivity contribution in [1.29, 1.82) is 0 Å². The summed E-state index contributed by atoms with van der Waals surface area (Å²) in [5.41, 5.74) is 15.2. The Kier molecular flexibility index (Phi) is 9.21. The van der Waals surface area contributed by atoms with Gasteiger partial charge in [-0.3, -0.25) is 0 Å². The van der Waals surface area contributed by atoms with E-state index in [1.54, 1.807) is 0 Å². The summed E-state index contributed by atoms with van der Waals surface area (Å²) in [5, 5.41) is 4.97. The molecule has 58 heavy (non-hydrogen) atoms. The molecule has 0 radical (unpaired) electrons. The average Bonchev–Trinajstić information content (AvgIpc) is 3.66. The molecule has 0 spiro atoms. The zero-order valence-electron chi connectivity index (χ0n) is 33.7. The zero-order valence-corrected chi connectivity index (χ0v) is 33.7. The highest BCUT2D eigenvalue weighted by Crippen LogP contribution is 2.48. The van der Waals surface area contributed by atoms with E-state index in [4.69, 9.17) is 4.42 Å². The summed E-state index contributed by atoms with van der Waals surface area (Å²) < 4.78 is 6.58. The van der Waals surface area contributed by atoms with Gasteiger partial charge in [-0.2, -0.15) is 0 Å². The second kappa shape index (κ2) is 14.8. The van der Waals surface area contributed by atoms with Crippen LogP contribution in [0.3, 0.4) is 0 Å². The van der Waals surface area contributed by atoms with Crippen molar-refractivity contribution in [3.8, 4) is 33.4 Å². The lowest BCUT2D eigenvalue weighted by Crippen LogP contribution is -2.13. The Morgan fingerprint density at radius 1 is 0.500 bits per heavy atom. The molecule has 1 heterocycles. The van der Waals surface area contributed by atoms with Crippen LogP contribution in [0.5, 0.6) is 0 Å². The summed E-state index contributed by atoms with van der Waals surface area (Å²) in [6, 6.07) is 64.8. The van der Waals surface area contributed by atoms with E-state index >= 15 is 0 Å². The molecule has 2 nitrogen and oxygen atoms in total. The first kappa shape index (κ1) is 36.0. The zero-order chi connectivity index (χ0) is 39.2. The van der Waals surface area contributed by atoms with E-state index in [1.165, 1.54) is 76.3 Å². The van der Waals surface area contributed by atoms with Gasteiger partial charge < -0.3 is 9.32 Å². The van der Waals surface area contributed by atoms with E-state index in [0.29, 0.717) is 5.92 Å². The Hall–Kier alpha value is -6.38. The molecule has 284 valence electrons. The lowest BCUT2D eigenvalue weighted by Gasteiger charge is -2.31. The first-order valence-electron chi connectivity index (χ1n) is 21.0. The third-order valence-corrected chi connectivity index (χ3v) is 12.4. The van der Waals surface area contributed by atoms with Crippen molar-refractivity contribution in [1.82, 2.24) is 0 Å². The van der Waals surface area contributed by atoms with Crippen molar-refractivity contribution in [2.24, 2.45) is 0 Å². The molecular weight excluding hydrogens is 703 g/mol. The molecule has 1 aromatic heterocycles. The van der Waals surface area contributed by atoms with Crippen molar-refractivity contribution in [2.45, 2.75) is 64.2 Å². The van der Waals surface area contributed by atoms with Gasteiger partial charge in [0.05, 0.1) is 11.4 Å². The summed E-state index contributed by atoms with van der Waals surface area (Å²) in [6.45, 7) is 6.83. The molecule has 1 aliphatic rings. The average molecular weight is 752 g/mol. The van der Waals surface area contributed by atoms with Gasteiger partial charge in [-0.25, -0.2) is 0 Å². The van der Waals surface area contributed by atoms with Crippen molar-refractivity contribution in [3.05, 3.63) is 187 Å². The van der Waals surface area contributed by atoms with Crippen LogP contribution in [-0.2, 0) is 5.41 Å². The number of benzene rings is 8. The van der Waals surface area contributed by atoms with Crippen LogP contribution in [-0.4, -0.2) is 0 Å². The van der Waals surface area contributed by atoms with Crippen LogP contribution in [0.4, 0.5) is 17.1 Å². The molecule has 0 aliphatic heterocycles. The maximum absolute atomic E-state index is 6.58. The molecule has 1 fully saturated rings. The van der Waals surface area contributed by atoms with E-state index in [2.05, 4.69) is 196 Å². The van der Waals surface area contributed by atoms with Gasteiger partial charge in [0.25, 0.3) is 0 Å². The van der Waals surface area contributed by atoms with Crippen molar-refractivity contribution in [3.63, 3.8) is 0 Å². The number of furan rings is 1. The van der Waals surface area contributed by atoms with E-state index in [-0.39, 0.29) is 5.41 Å². The van der Waals surface area contributed by atoms with Gasteiger partial charge in [-0.15, -0.1) is 0 Å². The Morgan fingerprint density at radius 3 is 1.91 bits per heavy atom. The number of anilines is 3. The Labute approximate surface area is 342 Å². The molecule has 8 aromatic carbocycles. The fourth-order valence-electron chi connectivity index (χ4n) is 9.50. The first-order chi connectivity index (χ1) is 28.4. The number of hydrogen-bond donors (Lipinski definition) is 0. The molecule has 0 bridgehead atoms. The second-order valence-corrected chi connectivity index (χ2v) is 17.1. The van der Waals surface area contributed by atoms with Crippen molar-refractivity contribution >= 4 is 49.8 Å². The highest BCUT2D eigenvalue weighted by molar-refractivity contribution is 6.10. The number of fused-ring (bicyclic) bond motifs is 4. The Bertz CT molecular complexity index is 2910. The fourth-order valence-corrected chi connectivity index (χ4v) is 9.50. The highest BCUT2D eigenvalue weighted by atomic mass is 16.3. The van der Waals surface area contributed by atoms with Crippen molar-refractivity contribution < 1.29 is 4.42 Å². The standard InChI is InChI=1S/C56H49NO/c1-56(2,3)42-35-33-39(34-36-42)44-23-7-10-30-51(44)57(43-22-13-21-41(37-43)46-27-16-29-50-48-25-9-12-32-53(48)58-55(46)50)52-31-11-8-24-47(52)49-28-15-20-40-19-14-26-45(54(40)49)38-17-5-4-6-18-38/h7-16,19-38H,4-6,17-18H2,1-3H3. The lowest BCUT2D eigenvalue weighted by atomic mass is 9.80. The summed E-state index contributed by atoms with van der Waals surface area (Å²) in [4.78, 5) is 2.49. The Balaban J connectivity index is 1.21. The molecule has 1 aliphatic carbocycles. The minimum atomic E-state index is 0.0705. The minimum absolute atomic E-state index is 0.0705. The van der Waals surface area contributed by atoms with Crippen LogP contribution in [0.15, 0.2) is 180 Å². The minimum Gasteiger partial charge on any atom is -0.455 e. The Morgan fingerprint density at radius 2 is 1.12 bits per heavy atom. The van der Waals surface area contributed by atoms with Gasteiger partial charge >= 0.3 is 0 Å². The van der Waals surface area contributed by atoms with Gasteiger partial charge in [0.2, 0.25) is 0 Å². The largest absolute Gasteiger partial charge is 0.455 e. The summed E-state index contributed by atoms with van der Waals surface area (Å²) in [5.74, 6) is 0.580. The smallest absolute Gasteiger partial charge is 0.143 e. The predicted octanol–water partition coefficient (Wildman–Crippen LogP) is 16.6. The molecule has 0 atom stereocenters. The molecule has 0 unspecified atom stereocenters. The van der Waals surface area contributed by atoms with Gasteiger partial charge in [0.15, 0.2) is 0 Å². The van der Waals surface area contributed by atoms with E-state index in [9.17, 15) is 0 Å². The van der Waals surface area contributed by atoms with Crippen LogP contribution in [0.2, 0.25) is 0 Å². The van der Waals surface area contributed by atoms with Crippen LogP contribution in [0, 0.1) is 0 Å². The molecule has 0 saturated heterocycles. The maximum atomic E-state index is 6.58. The van der Waals surface area contributed by atoms with E-state index < -0.39 is 0 Å². The second-order valence-electron chi connectivity index (χ2n) is 17.1. The van der Waals surface area contributed by atoms with Crippen LogP contribution in [0.1, 0.15) is 69.9 Å². The number of hydrogen-bond acceptors (Lipinski definition) is 2. The monoisotopic (exact) mass is 751 g/mol. The van der Waals surface area contributed by atoms with Crippen LogP contribution < -0.4 is 4.90 Å². The van der Waals surface area contributed by atoms with Gasteiger partial charge in [0, 0.05) is 33.2 Å². The van der Waals surface area contributed by atoms with Crippen LogP contribution in [0.25, 0.3) is 66.1 Å². The topological polar surface area (TPSA) is 16.4 Å². The maximum Gasteiger partial charge on any atom is 0.143 e. The van der Waals surface area contributed by atoms with E-state index in [0.717, 1.165) is 50.1 Å². The highest BCUT2D eigenvalue weighted by Gasteiger charge is 2.25. The van der Waals surface area contributed by atoms with E-state index in [1.807, 2.05) is 6.07 Å². The third kappa shape index (κ3) is 6.47. The molecule has 0 amide bonds. The molecule has 9 aromatic rings. The normalized spacial score (nSPS) is 13.7. The first-order valence-corrected chi connectivity index (χ1v) is 21.0. The van der Waals surface area contributed by atoms with Crippen molar-refractivity contribution in [2.75, 3.05) is 4.90 Å². The quantitative estimate of drug-likeness (QED) is 0.161. The van der Waals surface area contributed by atoms with Gasteiger partial charge in [0.1, 0.15) is 11.2 Å². The molecule has 2 heteroatoms. The third-order valence-electron chi connectivity index (χ3n) is 12.4. The SMILES string of the molecule is CC(C)(C)c1ccc(-c2ccccc2N(c2cccc(-c3cccc4c3oc3ccccc34)c2)c2ccccc2-c2cccc3cccc(C4CCCCC4)c23)cc1. The summed E-state index contributed by atoms with van der Waals surface area (Å²) >= 11 is 0. The fraction of sp³-hybridized carbons (Fsp3) is 0.179. The van der Waals surface area contributed by atoms with Gasteiger partial charge in [-0.1, -0.05) is 186 Å². The number of rotatable bonds is 7. The molecular formula is C56H49NO. The summed E-state index contributed by atoms with van der Waals surface area (Å²) in [6.07, 6.45) is 6.47. The van der Waals surface area contributed by atoms with Gasteiger partial charge in [-0.05, 0) is 93.1 Å². The van der Waals surface area contributed by atoms with Crippen LogP contribution >= 0.6 is 0 Å². The number of nitrogens with zero attached hydrogens (tertiary/aromatic N) is 1. The number of para-hydroxylation sites is 4. The molecule has 10 rings (SSSR count). The lowest BCUT2D eigenvalue weighted by molar-refractivity contribution is 0.445.